The molecule has 0 saturated heterocycles. The molecule has 210 valence electrons. The third-order valence-electron chi connectivity index (χ3n) is 8.50. The molecular weight excluding hydrogens is 550 g/mol. The number of para-hydroxylation sites is 2. The van der Waals surface area contributed by atoms with Crippen LogP contribution in [0.3, 0.4) is 0 Å². The van der Waals surface area contributed by atoms with E-state index in [0.717, 1.165) is 65.9 Å². The molecule has 4 heteroatoms. The standard InChI is InChI=1S/C41H25N3O/c1-2-12-27(13-3-1)35-24-29-15-6-7-16-30(29)25-36(35)41-43-39(31-22-21-26-11-4-5-14-28(26)23-31)42-40(44-41)34-19-10-18-33-32-17-8-9-20-37(32)45-38(33)34/h1-25H. The van der Waals surface area contributed by atoms with Gasteiger partial charge in [0.2, 0.25) is 0 Å². The van der Waals surface area contributed by atoms with E-state index in [0.29, 0.717) is 17.5 Å². The number of nitrogens with zero attached hydrogens (tertiary/aromatic N) is 3. The highest BCUT2D eigenvalue weighted by molar-refractivity contribution is 6.09. The first-order valence-corrected chi connectivity index (χ1v) is 15.0. The molecule has 2 aromatic heterocycles. The number of hydrogen-bond donors (Lipinski definition) is 0. The molecule has 9 aromatic rings. The Balaban J connectivity index is 1.35. The van der Waals surface area contributed by atoms with Crippen molar-refractivity contribution in [2.24, 2.45) is 0 Å². The van der Waals surface area contributed by atoms with Gasteiger partial charge in [0.1, 0.15) is 11.2 Å². The number of hydrogen-bond acceptors (Lipinski definition) is 4. The first kappa shape index (κ1) is 25.4. The van der Waals surface area contributed by atoms with Crippen molar-refractivity contribution in [2.45, 2.75) is 0 Å². The van der Waals surface area contributed by atoms with Crippen LogP contribution in [0.5, 0.6) is 0 Å². The monoisotopic (exact) mass is 575 g/mol. The SMILES string of the molecule is c1ccc(-c2cc3ccccc3cc2-c2nc(-c3ccc4ccccc4c3)nc(-c3cccc4c3oc3ccccc34)n2)cc1. The summed E-state index contributed by atoms with van der Waals surface area (Å²) in [7, 11) is 0. The smallest absolute Gasteiger partial charge is 0.167 e. The molecular formula is C41H25N3O. The number of aromatic nitrogens is 3. The van der Waals surface area contributed by atoms with Crippen molar-refractivity contribution in [1.82, 2.24) is 15.0 Å². The topological polar surface area (TPSA) is 51.8 Å². The Morgan fingerprint density at radius 3 is 1.76 bits per heavy atom. The van der Waals surface area contributed by atoms with Crippen LogP contribution in [0.25, 0.3) is 88.8 Å². The zero-order valence-corrected chi connectivity index (χ0v) is 24.2. The van der Waals surface area contributed by atoms with Crippen molar-refractivity contribution in [3.05, 3.63) is 152 Å². The van der Waals surface area contributed by atoms with Crippen LogP contribution in [0, 0.1) is 0 Å². The van der Waals surface area contributed by atoms with Gasteiger partial charge < -0.3 is 4.42 Å². The van der Waals surface area contributed by atoms with E-state index >= 15 is 0 Å². The molecule has 0 N–H and O–H groups in total. The second kappa shape index (κ2) is 10.2. The average Bonchev–Trinajstić information content (AvgIpc) is 3.50. The van der Waals surface area contributed by atoms with Crippen LogP contribution in [0.4, 0.5) is 0 Å². The van der Waals surface area contributed by atoms with Crippen molar-refractivity contribution in [2.75, 3.05) is 0 Å². The lowest BCUT2D eigenvalue weighted by Gasteiger charge is -2.14. The van der Waals surface area contributed by atoms with E-state index in [1.807, 2.05) is 36.4 Å². The largest absolute Gasteiger partial charge is 0.455 e. The lowest BCUT2D eigenvalue weighted by atomic mass is 9.95. The van der Waals surface area contributed by atoms with Gasteiger partial charge in [-0.1, -0.05) is 121 Å². The average molecular weight is 576 g/mol. The fourth-order valence-corrected chi connectivity index (χ4v) is 6.28. The molecule has 0 aliphatic rings. The van der Waals surface area contributed by atoms with Gasteiger partial charge in [-0.25, -0.2) is 15.0 Å². The van der Waals surface area contributed by atoms with Crippen LogP contribution in [0.15, 0.2) is 156 Å². The highest BCUT2D eigenvalue weighted by Gasteiger charge is 2.20. The summed E-state index contributed by atoms with van der Waals surface area (Å²) in [5.74, 6) is 1.79. The van der Waals surface area contributed by atoms with Crippen LogP contribution in [-0.4, -0.2) is 15.0 Å². The van der Waals surface area contributed by atoms with E-state index in [4.69, 9.17) is 19.4 Å². The maximum atomic E-state index is 6.44. The maximum Gasteiger partial charge on any atom is 0.167 e. The lowest BCUT2D eigenvalue weighted by Crippen LogP contribution is -2.01. The van der Waals surface area contributed by atoms with Crippen LogP contribution in [0.1, 0.15) is 0 Å². The molecule has 0 fully saturated rings. The van der Waals surface area contributed by atoms with E-state index in [2.05, 4.69) is 115 Å². The highest BCUT2D eigenvalue weighted by Crippen LogP contribution is 2.38. The molecule has 0 spiro atoms. The molecule has 4 nitrogen and oxygen atoms in total. The molecule has 0 radical (unpaired) electrons. The Bertz CT molecular complexity index is 2550. The molecule has 0 bridgehead atoms. The number of fused-ring (bicyclic) bond motifs is 5. The molecule has 9 rings (SSSR count). The van der Waals surface area contributed by atoms with E-state index in [-0.39, 0.29) is 0 Å². The fraction of sp³-hybridized carbons (Fsp3) is 0. The lowest BCUT2D eigenvalue weighted by molar-refractivity contribution is 0.669. The minimum absolute atomic E-state index is 0.569. The zero-order valence-electron chi connectivity index (χ0n) is 24.2. The normalized spacial score (nSPS) is 11.6. The van der Waals surface area contributed by atoms with E-state index in [1.165, 1.54) is 5.39 Å². The molecule has 0 aliphatic heterocycles. The van der Waals surface area contributed by atoms with Crippen LogP contribution in [0.2, 0.25) is 0 Å². The van der Waals surface area contributed by atoms with E-state index in [1.54, 1.807) is 0 Å². The van der Waals surface area contributed by atoms with Gasteiger partial charge in [-0.15, -0.1) is 0 Å². The Hall–Kier alpha value is -6.13. The quantitative estimate of drug-likeness (QED) is 0.209. The molecule has 0 unspecified atom stereocenters. The van der Waals surface area contributed by atoms with Crippen molar-refractivity contribution in [3.8, 4) is 45.3 Å². The first-order valence-electron chi connectivity index (χ1n) is 15.0. The summed E-state index contributed by atoms with van der Waals surface area (Å²) in [5, 5.41) is 6.70. The maximum absolute atomic E-state index is 6.44. The third kappa shape index (κ3) is 4.35. The Morgan fingerprint density at radius 2 is 0.956 bits per heavy atom. The van der Waals surface area contributed by atoms with Gasteiger partial charge in [0, 0.05) is 21.9 Å². The Labute approximate surface area is 259 Å². The summed E-state index contributed by atoms with van der Waals surface area (Å²) in [6, 6.07) is 52.3. The number of rotatable bonds is 4. The summed E-state index contributed by atoms with van der Waals surface area (Å²) in [6.07, 6.45) is 0. The molecule has 0 amide bonds. The van der Waals surface area contributed by atoms with E-state index < -0.39 is 0 Å². The Morgan fingerprint density at radius 1 is 0.356 bits per heavy atom. The minimum Gasteiger partial charge on any atom is -0.455 e. The van der Waals surface area contributed by atoms with Gasteiger partial charge in [-0.05, 0) is 63.0 Å². The van der Waals surface area contributed by atoms with Gasteiger partial charge in [-0.3, -0.25) is 0 Å². The first-order chi connectivity index (χ1) is 22.3. The van der Waals surface area contributed by atoms with Crippen molar-refractivity contribution in [1.29, 1.82) is 0 Å². The van der Waals surface area contributed by atoms with Crippen molar-refractivity contribution in [3.63, 3.8) is 0 Å². The van der Waals surface area contributed by atoms with Crippen molar-refractivity contribution < 1.29 is 4.42 Å². The van der Waals surface area contributed by atoms with Crippen LogP contribution >= 0.6 is 0 Å². The molecule has 0 saturated carbocycles. The second-order valence-electron chi connectivity index (χ2n) is 11.3. The summed E-state index contributed by atoms with van der Waals surface area (Å²) in [5.41, 5.74) is 6.48. The molecule has 0 atom stereocenters. The molecule has 0 aliphatic carbocycles. The Kier molecular flexibility index (Phi) is 5.78. The van der Waals surface area contributed by atoms with E-state index in [9.17, 15) is 0 Å². The second-order valence-corrected chi connectivity index (χ2v) is 11.3. The fourth-order valence-electron chi connectivity index (χ4n) is 6.28. The predicted molar refractivity (Wildman–Crippen MR) is 184 cm³/mol. The van der Waals surface area contributed by atoms with Gasteiger partial charge in [0.05, 0.1) is 5.56 Å². The van der Waals surface area contributed by atoms with Gasteiger partial charge >= 0.3 is 0 Å². The molecule has 45 heavy (non-hydrogen) atoms. The summed E-state index contributed by atoms with van der Waals surface area (Å²) in [4.78, 5) is 15.5. The highest BCUT2D eigenvalue weighted by atomic mass is 16.3. The van der Waals surface area contributed by atoms with Gasteiger partial charge in [0.15, 0.2) is 17.5 Å². The van der Waals surface area contributed by atoms with Gasteiger partial charge in [-0.2, -0.15) is 0 Å². The molecule has 2 heterocycles. The predicted octanol–water partition coefficient (Wildman–Crippen LogP) is 10.7. The summed E-state index contributed by atoms with van der Waals surface area (Å²) in [6.45, 7) is 0. The zero-order chi connectivity index (χ0) is 29.7. The van der Waals surface area contributed by atoms with Gasteiger partial charge in [0.25, 0.3) is 0 Å². The summed E-state index contributed by atoms with van der Waals surface area (Å²) >= 11 is 0. The minimum atomic E-state index is 0.569. The van der Waals surface area contributed by atoms with Crippen molar-refractivity contribution >= 4 is 43.5 Å². The van der Waals surface area contributed by atoms with Crippen LogP contribution in [-0.2, 0) is 0 Å². The summed E-state index contributed by atoms with van der Waals surface area (Å²) < 4.78 is 6.44. The van der Waals surface area contributed by atoms with Crippen LogP contribution < -0.4 is 0 Å². The number of benzene rings is 7. The molecule has 7 aromatic carbocycles. The third-order valence-corrected chi connectivity index (χ3v) is 8.50. The number of furan rings is 1.